The van der Waals surface area contributed by atoms with Crippen LogP contribution >= 0.6 is 43.2 Å². The van der Waals surface area contributed by atoms with Crippen molar-refractivity contribution in [3.05, 3.63) is 36.9 Å². The first-order chi connectivity index (χ1) is 9.45. The molecule has 0 spiro atoms. The van der Waals surface area contributed by atoms with Crippen LogP contribution in [-0.2, 0) is 0 Å². The lowest BCUT2D eigenvalue weighted by Gasteiger charge is -2.00. The van der Waals surface area contributed by atoms with E-state index >= 15 is 0 Å². The minimum absolute atomic E-state index is 0.826. The van der Waals surface area contributed by atoms with Crippen molar-refractivity contribution in [3.63, 3.8) is 0 Å². The van der Waals surface area contributed by atoms with Gasteiger partial charge in [0.25, 0.3) is 0 Å². The molecule has 0 unspecified atom stereocenters. The van der Waals surface area contributed by atoms with Gasteiger partial charge in [0.2, 0.25) is 0 Å². The molecule has 0 aliphatic rings. The molecule has 8 heteroatoms. The summed E-state index contributed by atoms with van der Waals surface area (Å²) in [5.74, 6) is 2.18. The summed E-state index contributed by atoms with van der Waals surface area (Å²) in [6, 6.07) is 3.66. The third-order valence-corrected chi connectivity index (χ3v) is 6.27. The van der Waals surface area contributed by atoms with E-state index < -0.39 is 0 Å². The number of rotatable bonds is 8. The maximum atomic E-state index is 4.16. The van der Waals surface area contributed by atoms with Crippen molar-refractivity contribution in [2.45, 2.75) is 16.7 Å². The van der Waals surface area contributed by atoms with Crippen LogP contribution in [0.1, 0.15) is 6.42 Å². The summed E-state index contributed by atoms with van der Waals surface area (Å²) < 4.78 is 0. The SMILES string of the molecule is c1cnc(SSCCCSSc2ncccn2)nc1. The molecule has 0 atom stereocenters. The Kier molecular flexibility index (Phi) is 7.45. The molecule has 0 bridgehead atoms. The summed E-state index contributed by atoms with van der Waals surface area (Å²) in [7, 11) is 6.84. The molecule has 0 radical (unpaired) electrons. The highest BCUT2D eigenvalue weighted by atomic mass is 33.1. The Balaban J connectivity index is 1.49. The van der Waals surface area contributed by atoms with Gasteiger partial charge in [0.05, 0.1) is 0 Å². The summed E-state index contributed by atoms with van der Waals surface area (Å²) in [6.45, 7) is 0. The van der Waals surface area contributed by atoms with Crippen LogP contribution in [-0.4, -0.2) is 31.4 Å². The van der Waals surface area contributed by atoms with Crippen molar-refractivity contribution < 1.29 is 0 Å². The maximum absolute atomic E-state index is 4.16. The van der Waals surface area contributed by atoms with E-state index in [1.807, 2.05) is 12.1 Å². The summed E-state index contributed by atoms with van der Waals surface area (Å²) in [6.07, 6.45) is 8.21. The lowest BCUT2D eigenvalue weighted by atomic mass is 10.6. The van der Waals surface area contributed by atoms with E-state index in [0.29, 0.717) is 0 Å². The minimum atomic E-state index is 0.826. The standard InChI is InChI=1S/C11H12N4S4/c1-4-12-10(13-5-1)18-16-8-3-9-17-19-11-14-6-2-7-15-11/h1-2,4-7H,3,8-9H2. The fourth-order valence-corrected chi connectivity index (χ4v) is 4.88. The Hall–Kier alpha value is -0.440. The molecule has 100 valence electrons. The van der Waals surface area contributed by atoms with Gasteiger partial charge < -0.3 is 0 Å². The molecular weight excluding hydrogens is 316 g/mol. The van der Waals surface area contributed by atoms with Crippen LogP contribution in [0.4, 0.5) is 0 Å². The lowest BCUT2D eigenvalue weighted by molar-refractivity contribution is 0.973. The molecule has 0 aliphatic heterocycles. The van der Waals surface area contributed by atoms with Gasteiger partial charge in [0.1, 0.15) is 0 Å². The second kappa shape index (κ2) is 9.46. The lowest BCUT2D eigenvalue weighted by Crippen LogP contribution is -1.84. The summed E-state index contributed by atoms with van der Waals surface area (Å²) in [4.78, 5) is 16.6. The second-order valence-electron chi connectivity index (χ2n) is 3.23. The molecule has 0 fully saturated rings. The second-order valence-corrected chi connectivity index (χ2v) is 7.99. The van der Waals surface area contributed by atoms with Gasteiger partial charge in [-0.2, -0.15) is 0 Å². The van der Waals surface area contributed by atoms with Gasteiger partial charge in [0.15, 0.2) is 10.3 Å². The predicted octanol–water partition coefficient (Wildman–Crippen LogP) is 3.84. The van der Waals surface area contributed by atoms with Crippen molar-refractivity contribution in [2.75, 3.05) is 11.5 Å². The first-order valence-electron chi connectivity index (χ1n) is 5.58. The molecule has 0 saturated heterocycles. The van der Waals surface area contributed by atoms with Gasteiger partial charge in [-0.05, 0) is 40.1 Å². The van der Waals surface area contributed by atoms with Crippen molar-refractivity contribution in [3.8, 4) is 0 Å². The average molecular weight is 329 g/mol. The summed E-state index contributed by atoms with van der Waals surface area (Å²) in [5.41, 5.74) is 0. The van der Waals surface area contributed by atoms with Gasteiger partial charge >= 0.3 is 0 Å². The van der Waals surface area contributed by atoms with Crippen molar-refractivity contribution in [1.29, 1.82) is 0 Å². The van der Waals surface area contributed by atoms with Crippen molar-refractivity contribution >= 4 is 43.2 Å². The fraction of sp³-hybridized carbons (Fsp3) is 0.273. The smallest absolute Gasteiger partial charge is 0.198 e. The van der Waals surface area contributed by atoms with Gasteiger partial charge in [0, 0.05) is 36.3 Å². The third kappa shape index (κ3) is 6.51. The number of hydrogen-bond acceptors (Lipinski definition) is 8. The van der Waals surface area contributed by atoms with E-state index in [9.17, 15) is 0 Å². The van der Waals surface area contributed by atoms with Crippen LogP contribution in [0.3, 0.4) is 0 Å². The third-order valence-electron chi connectivity index (χ3n) is 1.81. The quantitative estimate of drug-likeness (QED) is 0.411. The zero-order chi connectivity index (χ0) is 13.2. The predicted molar refractivity (Wildman–Crippen MR) is 85.3 cm³/mol. The topological polar surface area (TPSA) is 51.6 Å². The van der Waals surface area contributed by atoms with E-state index in [4.69, 9.17) is 0 Å². The Labute approximate surface area is 128 Å². The van der Waals surface area contributed by atoms with E-state index in [2.05, 4.69) is 19.9 Å². The molecule has 0 aliphatic carbocycles. The van der Waals surface area contributed by atoms with Gasteiger partial charge in [-0.3, -0.25) is 0 Å². The van der Waals surface area contributed by atoms with Crippen LogP contribution in [0.2, 0.25) is 0 Å². The zero-order valence-electron chi connectivity index (χ0n) is 10.0. The van der Waals surface area contributed by atoms with Crippen LogP contribution in [0.25, 0.3) is 0 Å². The molecule has 0 aromatic carbocycles. The Morgan fingerprint density at radius 2 is 1.11 bits per heavy atom. The molecule has 0 amide bonds. The molecule has 2 aromatic heterocycles. The Morgan fingerprint density at radius 1 is 0.684 bits per heavy atom. The number of nitrogens with zero attached hydrogens (tertiary/aromatic N) is 4. The molecule has 0 saturated carbocycles. The molecule has 2 aromatic rings. The van der Waals surface area contributed by atoms with Crippen LogP contribution in [0.15, 0.2) is 47.2 Å². The van der Waals surface area contributed by atoms with Gasteiger partial charge in [-0.15, -0.1) is 0 Å². The summed E-state index contributed by atoms with van der Waals surface area (Å²) in [5, 5.41) is 1.65. The van der Waals surface area contributed by atoms with Crippen molar-refractivity contribution in [2.24, 2.45) is 0 Å². The largest absolute Gasteiger partial charge is 0.230 e. The van der Waals surface area contributed by atoms with Gasteiger partial charge in [-0.25, -0.2) is 19.9 Å². The molecular formula is C11H12N4S4. The highest BCUT2D eigenvalue weighted by molar-refractivity contribution is 8.77. The summed E-state index contributed by atoms with van der Waals surface area (Å²) >= 11 is 0. The molecule has 2 heterocycles. The molecule has 2 rings (SSSR count). The minimum Gasteiger partial charge on any atom is -0.230 e. The van der Waals surface area contributed by atoms with Crippen molar-refractivity contribution in [1.82, 2.24) is 19.9 Å². The monoisotopic (exact) mass is 328 g/mol. The van der Waals surface area contributed by atoms with Gasteiger partial charge in [-0.1, -0.05) is 21.6 Å². The molecule has 0 N–H and O–H groups in total. The van der Waals surface area contributed by atoms with Crippen LogP contribution in [0, 0.1) is 0 Å². The normalized spacial score (nSPS) is 10.5. The van der Waals surface area contributed by atoms with Crippen LogP contribution < -0.4 is 0 Å². The Bertz CT molecular complexity index is 413. The fourth-order valence-electron chi connectivity index (χ4n) is 1.02. The van der Waals surface area contributed by atoms with Crippen LogP contribution in [0.5, 0.6) is 0 Å². The number of hydrogen-bond donors (Lipinski definition) is 0. The van der Waals surface area contributed by atoms with E-state index in [-0.39, 0.29) is 0 Å². The molecule has 19 heavy (non-hydrogen) atoms. The number of aromatic nitrogens is 4. The average Bonchev–Trinajstić information content (AvgIpc) is 2.48. The highest BCUT2D eigenvalue weighted by Crippen LogP contribution is 2.31. The van der Waals surface area contributed by atoms with E-state index in [1.165, 1.54) is 0 Å². The Morgan fingerprint density at radius 3 is 1.53 bits per heavy atom. The first-order valence-corrected chi connectivity index (χ1v) is 10.2. The van der Waals surface area contributed by atoms with E-state index in [1.54, 1.807) is 68.0 Å². The highest BCUT2D eigenvalue weighted by Gasteiger charge is 1.99. The molecule has 4 nitrogen and oxygen atoms in total. The van der Waals surface area contributed by atoms with E-state index in [0.717, 1.165) is 28.2 Å². The maximum Gasteiger partial charge on any atom is 0.198 e. The zero-order valence-corrected chi connectivity index (χ0v) is 13.3. The first kappa shape index (κ1) is 15.0.